The lowest BCUT2D eigenvalue weighted by Gasteiger charge is -2.40. The highest BCUT2D eigenvalue weighted by atomic mass is 32.2. The van der Waals surface area contributed by atoms with Crippen LogP contribution in [0.3, 0.4) is 0 Å². The minimum Gasteiger partial charge on any atom is -0.493 e. The molecule has 8 heteroatoms. The maximum Gasteiger partial charge on any atom is 0.341 e. The molecule has 0 saturated heterocycles. The number of hydrogen-bond acceptors (Lipinski definition) is 6. The number of fused-ring (bicyclic) bond motifs is 6. The summed E-state index contributed by atoms with van der Waals surface area (Å²) < 4.78 is 10.8. The maximum atomic E-state index is 12.1. The zero-order chi connectivity index (χ0) is 19.4. The second-order valence-electron chi connectivity index (χ2n) is 7.77. The zero-order valence-corrected chi connectivity index (χ0v) is 17.0. The fourth-order valence-corrected chi connectivity index (χ4v) is 8.25. The third-order valence-electron chi connectivity index (χ3n) is 6.36. The van der Waals surface area contributed by atoms with E-state index < -0.39 is 12.6 Å². The molecule has 2 N–H and O–H groups in total. The molecule has 0 spiro atoms. The number of aromatic amines is 1. The van der Waals surface area contributed by atoms with Crippen molar-refractivity contribution in [2.75, 3.05) is 13.7 Å². The number of H-pyrrole nitrogens is 1. The molecule has 5 atom stereocenters. The van der Waals surface area contributed by atoms with Gasteiger partial charge in [-0.05, 0) is 54.7 Å². The SMILES string of the molecule is COc1cc([C@@H]2c3sc(=O)[nH]c3S[C@@H]3[C@H]4CC[C@@H](C4)[C@H]23)ccc1OCC(=O)O. The predicted octanol–water partition coefficient (Wildman–Crippen LogP) is 3.56. The highest BCUT2D eigenvalue weighted by Crippen LogP contribution is 2.63. The van der Waals surface area contributed by atoms with Crippen LogP contribution in [0.25, 0.3) is 0 Å². The van der Waals surface area contributed by atoms with E-state index in [-0.39, 0.29) is 10.8 Å². The summed E-state index contributed by atoms with van der Waals surface area (Å²) >= 11 is 3.19. The Kier molecular flexibility index (Phi) is 4.43. The van der Waals surface area contributed by atoms with Crippen molar-refractivity contribution in [1.82, 2.24) is 4.98 Å². The molecule has 0 unspecified atom stereocenters. The molecule has 1 aromatic carbocycles. The van der Waals surface area contributed by atoms with Gasteiger partial charge in [-0.2, -0.15) is 0 Å². The first kappa shape index (κ1) is 18.1. The van der Waals surface area contributed by atoms with Crippen molar-refractivity contribution in [3.05, 3.63) is 38.3 Å². The van der Waals surface area contributed by atoms with Crippen LogP contribution in [0.5, 0.6) is 11.5 Å². The minimum absolute atomic E-state index is 0.00296. The van der Waals surface area contributed by atoms with E-state index in [4.69, 9.17) is 14.6 Å². The number of aliphatic carboxylic acids is 1. The fraction of sp³-hybridized carbons (Fsp3) is 0.500. The van der Waals surface area contributed by atoms with Crippen LogP contribution in [0.1, 0.15) is 35.6 Å². The summed E-state index contributed by atoms with van der Waals surface area (Å²) in [5, 5.41) is 10.4. The topological polar surface area (TPSA) is 88.6 Å². The molecule has 3 aliphatic rings. The smallest absolute Gasteiger partial charge is 0.341 e. The van der Waals surface area contributed by atoms with Crippen molar-refractivity contribution in [2.24, 2.45) is 17.8 Å². The Hall–Kier alpha value is -1.93. The number of rotatable bonds is 5. The Bertz CT molecular complexity index is 983. The number of nitrogens with one attached hydrogen (secondary N) is 1. The highest BCUT2D eigenvalue weighted by molar-refractivity contribution is 8.00. The van der Waals surface area contributed by atoms with Gasteiger partial charge < -0.3 is 19.6 Å². The predicted molar refractivity (Wildman–Crippen MR) is 107 cm³/mol. The van der Waals surface area contributed by atoms with Crippen molar-refractivity contribution in [2.45, 2.75) is 35.5 Å². The summed E-state index contributed by atoms with van der Waals surface area (Å²) in [6.07, 6.45) is 3.85. The maximum absolute atomic E-state index is 12.1. The summed E-state index contributed by atoms with van der Waals surface area (Å²) in [6, 6.07) is 5.74. The van der Waals surface area contributed by atoms with Gasteiger partial charge in [-0.1, -0.05) is 17.4 Å². The molecule has 2 fully saturated rings. The monoisotopic (exact) mass is 419 g/mol. The molecule has 2 aliphatic carbocycles. The number of carbonyl (C=O) groups is 1. The Morgan fingerprint density at radius 1 is 1.29 bits per heavy atom. The average Bonchev–Trinajstić information content (AvgIpc) is 3.38. The van der Waals surface area contributed by atoms with E-state index in [1.165, 1.54) is 30.6 Å². The van der Waals surface area contributed by atoms with E-state index >= 15 is 0 Å². The van der Waals surface area contributed by atoms with Crippen molar-refractivity contribution in [3.8, 4) is 11.5 Å². The molecule has 148 valence electrons. The van der Waals surface area contributed by atoms with Gasteiger partial charge >= 0.3 is 10.8 Å². The largest absolute Gasteiger partial charge is 0.493 e. The third-order valence-corrected chi connectivity index (χ3v) is 8.99. The van der Waals surface area contributed by atoms with Crippen LogP contribution in [0.4, 0.5) is 0 Å². The lowest BCUT2D eigenvalue weighted by Crippen LogP contribution is -2.33. The molecule has 2 aromatic rings. The number of aromatic nitrogens is 1. The van der Waals surface area contributed by atoms with Crippen LogP contribution in [0, 0.1) is 17.8 Å². The molecular formula is C20H21NO5S2. The number of ether oxygens (including phenoxy) is 2. The molecule has 2 saturated carbocycles. The summed E-state index contributed by atoms with van der Waals surface area (Å²) in [6.45, 7) is -0.409. The van der Waals surface area contributed by atoms with E-state index in [9.17, 15) is 9.59 Å². The van der Waals surface area contributed by atoms with E-state index in [0.29, 0.717) is 28.6 Å². The second kappa shape index (κ2) is 6.84. The van der Waals surface area contributed by atoms with Crippen LogP contribution in [-0.2, 0) is 4.79 Å². The zero-order valence-electron chi connectivity index (χ0n) is 15.3. The van der Waals surface area contributed by atoms with E-state index in [2.05, 4.69) is 4.98 Å². The Morgan fingerprint density at radius 3 is 2.89 bits per heavy atom. The van der Waals surface area contributed by atoms with Gasteiger partial charge in [0.25, 0.3) is 0 Å². The van der Waals surface area contributed by atoms with Crippen molar-refractivity contribution < 1.29 is 19.4 Å². The van der Waals surface area contributed by atoms with Gasteiger partial charge in [0.15, 0.2) is 18.1 Å². The van der Waals surface area contributed by atoms with Gasteiger partial charge in [0.2, 0.25) is 0 Å². The van der Waals surface area contributed by atoms with Gasteiger partial charge in [0.1, 0.15) is 0 Å². The molecule has 6 nitrogen and oxygen atoms in total. The van der Waals surface area contributed by atoms with Crippen LogP contribution in [0.2, 0.25) is 0 Å². The third kappa shape index (κ3) is 2.85. The van der Waals surface area contributed by atoms with Crippen LogP contribution in [0.15, 0.2) is 28.0 Å². The number of benzene rings is 1. The van der Waals surface area contributed by atoms with E-state index in [1.54, 1.807) is 13.2 Å². The number of hydrogen-bond donors (Lipinski definition) is 2. The molecule has 1 aliphatic heterocycles. The fourth-order valence-electron chi connectivity index (χ4n) is 5.36. The summed E-state index contributed by atoms with van der Waals surface area (Å²) in [7, 11) is 1.56. The van der Waals surface area contributed by atoms with Crippen LogP contribution in [-0.4, -0.2) is 35.0 Å². The molecule has 2 heterocycles. The second-order valence-corrected chi connectivity index (χ2v) is 9.97. The first-order chi connectivity index (χ1) is 13.5. The number of thioether (sulfide) groups is 1. The van der Waals surface area contributed by atoms with Crippen molar-refractivity contribution in [1.29, 1.82) is 0 Å². The van der Waals surface area contributed by atoms with Gasteiger partial charge in [-0.3, -0.25) is 4.79 Å². The molecule has 0 radical (unpaired) electrons. The Morgan fingerprint density at radius 2 is 2.11 bits per heavy atom. The van der Waals surface area contributed by atoms with Gasteiger partial charge in [0.05, 0.1) is 12.1 Å². The van der Waals surface area contributed by atoms with Gasteiger partial charge in [0, 0.05) is 16.0 Å². The normalized spacial score (nSPS) is 30.0. The van der Waals surface area contributed by atoms with Gasteiger partial charge in [-0.25, -0.2) is 4.79 Å². The summed E-state index contributed by atoms with van der Waals surface area (Å²) in [5.74, 6) is 2.06. The first-order valence-electron chi connectivity index (χ1n) is 9.47. The van der Waals surface area contributed by atoms with Crippen molar-refractivity contribution in [3.63, 3.8) is 0 Å². The van der Waals surface area contributed by atoms with Crippen LogP contribution >= 0.6 is 23.1 Å². The van der Waals surface area contributed by atoms with Crippen LogP contribution < -0.4 is 14.3 Å². The summed E-state index contributed by atoms with van der Waals surface area (Å²) in [4.78, 5) is 27.1. The standard InChI is InChI=1S/C20H21NO5S2/c1-25-13-7-10(4-5-12(13)26-8-14(22)23)16-15-9-2-3-11(6-9)17(15)27-19-18(16)28-20(24)21-19/h4-5,7,9,11,15-17H,2-3,6,8H2,1H3,(H,21,24)(H,22,23)/t9-,11-,15+,16-,17+/m0/s1. The number of carboxylic acids is 1. The number of thiazole rings is 1. The quantitative estimate of drug-likeness (QED) is 0.770. The molecule has 5 rings (SSSR count). The average molecular weight is 420 g/mol. The lowest BCUT2D eigenvalue weighted by molar-refractivity contribution is -0.139. The van der Waals surface area contributed by atoms with E-state index in [1.807, 2.05) is 23.9 Å². The number of methoxy groups -OCH3 is 1. The molecule has 28 heavy (non-hydrogen) atoms. The molecular weight excluding hydrogens is 398 g/mol. The molecule has 2 bridgehead atoms. The number of carboxylic acid groups (broad SMARTS) is 1. The Labute approximate surface area is 170 Å². The minimum atomic E-state index is -1.03. The highest BCUT2D eigenvalue weighted by Gasteiger charge is 2.54. The first-order valence-corrected chi connectivity index (χ1v) is 11.2. The lowest BCUT2D eigenvalue weighted by atomic mass is 9.75. The molecule has 1 aromatic heterocycles. The summed E-state index contributed by atoms with van der Waals surface area (Å²) in [5.41, 5.74) is 1.11. The molecule has 0 amide bonds. The van der Waals surface area contributed by atoms with E-state index in [0.717, 1.165) is 21.4 Å². The van der Waals surface area contributed by atoms with Gasteiger partial charge in [-0.15, -0.1) is 11.8 Å². The Balaban J connectivity index is 1.56. The van der Waals surface area contributed by atoms with Crippen molar-refractivity contribution >= 4 is 29.1 Å².